The number of para-hydroxylation sites is 1. The van der Waals surface area contributed by atoms with Crippen LogP contribution in [0.3, 0.4) is 0 Å². The highest BCUT2D eigenvalue weighted by atomic mass is 79.9. The molecule has 7 nitrogen and oxygen atoms in total. The second-order valence-electron chi connectivity index (χ2n) is 11.9. The molecular weight excluding hydrogens is 638 g/mol. The second kappa shape index (κ2) is 14.5. The number of carbonyl (C=O) groups excluding carboxylic acids is 3. The lowest BCUT2D eigenvalue weighted by Gasteiger charge is -2.38. The van der Waals surface area contributed by atoms with Crippen molar-refractivity contribution >= 4 is 51.1 Å². The fourth-order valence-corrected chi connectivity index (χ4v) is 10.9. The fourth-order valence-electron chi connectivity index (χ4n) is 7.28. The summed E-state index contributed by atoms with van der Waals surface area (Å²) in [7, 11) is 0. The molecule has 2 bridgehead atoms. The Kier molecular flexibility index (Phi) is 10.7. The molecule has 2 aromatic carbocycles. The van der Waals surface area contributed by atoms with E-state index in [0.717, 1.165) is 30.5 Å². The van der Waals surface area contributed by atoms with Crippen LogP contribution in [0.5, 0.6) is 0 Å². The van der Waals surface area contributed by atoms with E-state index in [0.29, 0.717) is 39.0 Å². The van der Waals surface area contributed by atoms with E-state index in [1.165, 1.54) is 0 Å². The van der Waals surface area contributed by atoms with Crippen molar-refractivity contribution in [1.82, 2.24) is 9.80 Å². The van der Waals surface area contributed by atoms with Gasteiger partial charge in [-0.3, -0.25) is 14.4 Å². The van der Waals surface area contributed by atoms with Crippen molar-refractivity contribution in [2.75, 3.05) is 31.1 Å². The summed E-state index contributed by atoms with van der Waals surface area (Å²) in [6.07, 6.45) is 7.24. The van der Waals surface area contributed by atoms with Crippen molar-refractivity contribution in [1.29, 1.82) is 0 Å². The molecule has 3 amide bonds. The number of halogens is 1. The highest BCUT2D eigenvalue weighted by Crippen LogP contribution is 2.68. The molecular formula is C35H42BrN3O4S. The van der Waals surface area contributed by atoms with Crippen LogP contribution in [0.25, 0.3) is 0 Å². The summed E-state index contributed by atoms with van der Waals surface area (Å²) >= 11 is 5.56. The van der Waals surface area contributed by atoms with Gasteiger partial charge in [-0.1, -0.05) is 89.5 Å². The molecule has 234 valence electrons. The summed E-state index contributed by atoms with van der Waals surface area (Å²) in [6, 6.07) is 18.7. The van der Waals surface area contributed by atoms with Crippen LogP contribution in [-0.2, 0) is 20.9 Å². The van der Waals surface area contributed by atoms with Gasteiger partial charge in [-0.05, 0) is 37.0 Å². The number of hydrogen-bond acceptors (Lipinski definition) is 5. The molecule has 1 spiro atoms. The Labute approximate surface area is 273 Å². The molecule has 3 aliphatic heterocycles. The van der Waals surface area contributed by atoms with Crippen LogP contribution in [0.1, 0.15) is 37.7 Å². The number of nitrogens with zero attached hydrogens (tertiary/aromatic N) is 3. The minimum absolute atomic E-state index is 0.00589. The third kappa shape index (κ3) is 6.15. The number of hydrogen-bond donors (Lipinski definition) is 1. The van der Waals surface area contributed by atoms with Crippen LogP contribution in [0.15, 0.2) is 86.0 Å². The summed E-state index contributed by atoms with van der Waals surface area (Å²) in [5, 5.41) is 9.12. The quantitative estimate of drug-likeness (QED) is 0.154. The van der Waals surface area contributed by atoms with Gasteiger partial charge in [-0.25, -0.2) is 0 Å². The molecule has 0 aliphatic carbocycles. The summed E-state index contributed by atoms with van der Waals surface area (Å²) < 4.78 is -0.717. The molecule has 9 heteroatoms. The van der Waals surface area contributed by atoms with Gasteiger partial charge in [0.05, 0.1) is 16.6 Å². The molecule has 44 heavy (non-hydrogen) atoms. The predicted molar refractivity (Wildman–Crippen MR) is 181 cm³/mol. The lowest BCUT2D eigenvalue weighted by molar-refractivity contribution is -0.143. The average Bonchev–Trinajstić information content (AvgIpc) is 3.63. The molecule has 1 N–H and O–H groups in total. The number of likely N-dealkylation sites (tertiary alicyclic amines) is 1. The van der Waals surface area contributed by atoms with E-state index in [1.807, 2.05) is 60.7 Å². The first-order valence-electron chi connectivity index (χ1n) is 15.5. The van der Waals surface area contributed by atoms with E-state index in [1.54, 1.807) is 38.6 Å². The smallest absolute Gasteiger partial charge is 0.247 e. The molecule has 0 radical (unpaired) electrons. The molecule has 3 saturated heterocycles. The lowest BCUT2D eigenvalue weighted by Crippen LogP contribution is -2.55. The van der Waals surface area contributed by atoms with Crippen molar-refractivity contribution in [3.8, 4) is 0 Å². The van der Waals surface area contributed by atoms with E-state index >= 15 is 0 Å². The van der Waals surface area contributed by atoms with Gasteiger partial charge in [0.1, 0.15) is 6.04 Å². The van der Waals surface area contributed by atoms with Gasteiger partial charge in [-0.2, -0.15) is 0 Å². The first kappa shape index (κ1) is 32.5. The third-order valence-electron chi connectivity index (χ3n) is 9.14. The number of aliphatic hydroxyl groups is 1. The molecule has 0 saturated carbocycles. The van der Waals surface area contributed by atoms with Crippen LogP contribution in [0.4, 0.5) is 5.69 Å². The lowest BCUT2D eigenvalue weighted by atomic mass is 9.70. The van der Waals surface area contributed by atoms with Gasteiger partial charge in [0.25, 0.3) is 0 Å². The number of anilines is 1. The van der Waals surface area contributed by atoms with Gasteiger partial charge >= 0.3 is 0 Å². The third-order valence-corrected chi connectivity index (χ3v) is 12.4. The molecule has 3 unspecified atom stereocenters. The van der Waals surface area contributed by atoms with E-state index in [4.69, 9.17) is 0 Å². The Balaban J connectivity index is 1.52. The number of rotatable bonds is 15. The SMILES string of the molecule is C=CCN(Cc1ccccc1)C(=O)C1N(CCCCCCO)C(=O)[C@@H]2[C@H](C(=O)N(CC=C)c3ccccc3)[C@H]3SC12CC3Br. The second-order valence-corrected chi connectivity index (χ2v) is 14.6. The van der Waals surface area contributed by atoms with Gasteiger partial charge in [-0.15, -0.1) is 24.9 Å². The van der Waals surface area contributed by atoms with Gasteiger partial charge in [0, 0.05) is 48.6 Å². The molecule has 3 aliphatic rings. The highest BCUT2D eigenvalue weighted by molar-refractivity contribution is 9.09. The summed E-state index contributed by atoms with van der Waals surface area (Å²) in [6.45, 7) is 9.51. The summed E-state index contributed by atoms with van der Waals surface area (Å²) in [4.78, 5) is 49.1. The average molecular weight is 681 g/mol. The van der Waals surface area contributed by atoms with Gasteiger partial charge in [0.15, 0.2) is 0 Å². The maximum atomic E-state index is 14.7. The first-order valence-corrected chi connectivity index (χ1v) is 17.3. The van der Waals surface area contributed by atoms with Gasteiger partial charge < -0.3 is 19.8 Å². The Hall–Kier alpha value is -2.88. The number of unbranched alkanes of at least 4 members (excludes halogenated alkanes) is 3. The molecule has 0 aromatic heterocycles. The van der Waals surface area contributed by atoms with Crippen molar-refractivity contribution in [2.24, 2.45) is 11.8 Å². The Morgan fingerprint density at radius 3 is 2.30 bits per heavy atom. The minimum atomic E-state index is -0.717. The number of amides is 3. The molecule has 6 atom stereocenters. The van der Waals surface area contributed by atoms with Crippen LogP contribution in [-0.4, -0.2) is 79.7 Å². The molecule has 3 fully saturated rings. The van der Waals surface area contributed by atoms with Crippen LogP contribution >= 0.6 is 27.7 Å². The normalized spacial score (nSPS) is 26.8. The Bertz CT molecular complexity index is 1340. The number of aliphatic hydroxyl groups excluding tert-OH is 1. The standard InChI is InChI=1S/C35H42BrN3O4S/c1-3-19-37(24-25-15-9-7-10-16-25)34(43)31-35-23-27(36)30(44-35)28(29(35)33(42)39(31)21-13-5-6-14-22-40)32(41)38(20-4-2)26-17-11-8-12-18-26/h3-4,7-12,15-18,27-31,40H,1-2,5-6,13-14,19-24H2/t27?,28-,29-,30-,31?,35?/m0/s1. The summed E-state index contributed by atoms with van der Waals surface area (Å²) in [5.74, 6) is -1.44. The maximum absolute atomic E-state index is 14.7. The number of thioether (sulfide) groups is 1. The van der Waals surface area contributed by atoms with Crippen LogP contribution in [0.2, 0.25) is 0 Å². The monoisotopic (exact) mass is 679 g/mol. The van der Waals surface area contributed by atoms with Crippen molar-refractivity contribution in [3.63, 3.8) is 0 Å². The predicted octanol–water partition coefficient (Wildman–Crippen LogP) is 5.44. The molecule has 2 aromatic rings. The number of alkyl halides is 1. The van der Waals surface area contributed by atoms with Crippen molar-refractivity contribution < 1.29 is 19.5 Å². The highest BCUT2D eigenvalue weighted by Gasteiger charge is 2.76. The van der Waals surface area contributed by atoms with Crippen LogP contribution < -0.4 is 4.90 Å². The summed E-state index contributed by atoms with van der Waals surface area (Å²) in [5.41, 5.74) is 1.78. The number of benzene rings is 2. The first-order chi connectivity index (χ1) is 21.4. The zero-order valence-corrected chi connectivity index (χ0v) is 27.5. The zero-order valence-electron chi connectivity index (χ0n) is 25.1. The zero-order chi connectivity index (χ0) is 31.3. The Morgan fingerprint density at radius 1 is 0.977 bits per heavy atom. The Morgan fingerprint density at radius 2 is 1.64 bits per heavy atom. The van der Waals surface area contributed by atoms with E-state index in [-0.39, 0.29) is 34.4 Å². The number of fused-ring (bicyclic) bond motifs is 1. The van der Waals surface area contributed by atoms with E-state index < -0.39 is 22.6 Å². The number of carbonyl (C=O) groups is 3. The minimum Gasteiger partial charge on any atom is -0.396 e. The molecule has 3 heterocycles. The molecule has 5 rings (SSSR count). The van der Waals surface area contributed by atoms with E-state index in [9.17, 15) is 19.5 Å². The van der Waals surface area contributed by atoms with Crippen LogP contribution in [0, 0.1) is 11.8 Å². The topological polar surface area (TPSA) is 81.2 Å². The van der Waals surface area contributed by atoms with Crippen molar-refractivity contribution in [2.45, 2.75) is 59.5 Å². The fraction of sp³-hybridized carbons (Fsp3) is 0.457. The van der Waals surface area contributed by atoms with Crippen molar-refractivity contribution in [3.05, 3.63) is 91.5 Å². The van der Waals surface area contributed by atoms with Gasteiger partial charge in [0.2, 0.25) is 17.7 Å². The largest absolute Gasteiger partial charge is 0.396 e. The maximum Gasteiger partial charge on any atom is 0.247 e. The van der Waals surface area contributed by atoms with E-state index in [2.05, 4.69) is 29.1 Å².